The van der Waals surface area contributed by atoms with Crippen LogP contribution >= 0.6 is 15.9 Å². The molecule has 0 amide bonds. The molecule has 1 heterocycles. The summed E-state index contributed by atoms with van der Waals surface area (Å²) in [5.74, 6) is -0.990. The van der Waals surface area contributed by atoms with Crippen LogP contribution in [0.4, 0.5) is 0 Å². The van der Waals surface area contributed by atoms with Crippen molar-refractivity contribution in [1.82, 2.24) is 15.0 Å². The van der Waals surface area contributed by atoms with Crippen LogP contribution in [0.15, 0.2) is 35.1 Å². The van der Waals surface area contributed by atoms with Crippen molar-refractivity contribution in [3.05, 3.63) is 40.6 Å². The second-order valence-corrected chi connectivity index (χ2v) is 3.64. The van der Waals surface area contributed by atoms with E-state index in [1.807, 2.05) is 0 Å². The van der Waals surface area contributed by atoms with E-state index >= 15 is 0 Å². The Kier molecular flexibility index (Phi) is 2.51. The van der Waals surface area contributed by atoms with Crippen LogP contribution in [0, 0.1) is 0 Å². The van der Waals surface area contributed by atoms with Gasteiger partial charge in [-0.1, -0.05) is 0 Å². The standard InChI is InChI=1S/C9H6BrN3O2/c10-8-2-1-6(5-7(8)9(14)15)13-11-3-4-12-13/h1-5H,(H,14,15). The molecule has 1 aromatic carbocycles. The Morgan fingerprint density at radius 3 is 2.60 bits per heavy atom. The van der Waals surface area contributed by atoms with Crippen molar-refractivity contribution in [1.29, 1.82) is 0 Å². The highest BCUT2D eigenvalue weighted by molar-refractivity contribution is 9.10. The van der Waals surface area contributed by atoms with Gasteiger partial charge in [-0.05, 0) is 34.1 Å². The van der Waals surface area contributed by atoms with Crippen LogP contribution in [0.1, 0.15) is 10.4 Å². The van der Waals surface area contributed by atoms with Gasteiger partial charge in [0.25, 0.3) is 0 Å². The highest BCUT2D eigenvalue weighted by Gasteiger charge is 2.10. The molecule has 5 nitrogen and oxygen atoms in total. The maximum atomic E-state index is 10.9. The van der Waals surface area contributed by atoms with Gasteiger partial charge in [-0.2, -0.15) is 15.0 Å². The van der Waals surface area contributed by atoms with E-state index in [4.69, 9.17) is 5.11 Å². The summed E-state index contributed by atoms with van der Waals surface area (Å²) in [5.41, 5.74) is 0.797. The average Bonchev–Trinajstić information content (AvgIpc) is 2.71. The summed E-state index contributed by atoms with van der Waals surface area (Å²) < 4.78 is 0.533. The van der Waals surface area contributed by atoms with Gasteiger partial charge in [-0.15, -0.1) is 0 Å². The van der Waals surface area contributed by atoms with E-state index in [-0.39, 0.29) is 5.56 Å². The van der Waals surface area contributed by atoms with Crippen molar-refractivity contribution in [3.8, 4) is 5.69 Å². The second kappa shape index (κ2) is 3.82. The van der Waals surface area contributed by atoms with Gasteiger partial charge in [-0.3, -0.25) is 0 Å². The zero-order valence-electron chi connectivity index (χ0n) is 7.46. The molecule has 0 unspecified atom stereocenters. The summed E-state index contributed by atoms with van der Waals surface area (Å²) in [6.45, 7) is 0. The van der Waals surface area contributed by atoms with Gasteiger partial charge in [0.05, 0.1) is 23.6 Å². The van der Waals surface area contributed by atoms with E-state index < -0.39 is 5.97 Å². The lowest BCUT2D eigenvalue weighted by atomic mass is 10.2. The van der Waals surface area contributed by atoms with Gasteiger partial charge in [-0.25, -0.2) is 4.79 Å². The molecule has 0 aliphatic heterocycles. The first-order chi connectivity index (χ1) is 7.18. The quantitative estimate of drug-likeness (QED) is 0.900. The smallest absolute Gasteiger partial charge is 0.336 e. The number of aromatic carboxylic acids is 1. The largest absolute Gasteiger partial charge is 0.478 e. The lowest BCUT2D eigenvalue weighted by Gasteiger charge is -2.02. The predicted octanol–water partition coefficient (Wildman–Crippen LogP) is 1.73. The van der Waals surface area contributed by atoms with E-state index in [2.05, 4.69) is 26.1 Å². The lowest BCUT2D eigenvalue weighted by Crippen LogP contribution is -2.03. The Hall–Kier alpha value is -1.69. The van der Waals surface area contributed by atoms with Crippen LogP contribution < -0.4 is 0 Å². The zero-order valence-corrected chi connectivity index (χ0v) is 9.05. The third-order valence-electron chi connectivity index (χ3n) is 1.83. The van der Waals surface area contributed by atoms with Gasteiger partial charge in [0.15, 0.2) is 0 Å². The molecule has 0 saturated heterocycles. The molecule has 0 bridgehead atoms. The second-order valence-electron chi connectivity index (χ2n) is 2.79. The number of halogens is 1. The van der Waals surface area contributed by atoms with E-state index in [1.54, 1.807) is 12.1 Å². The number of aromatic nitrogens is 3. The van der Waals surface area contributed by atoms with Crippen molar-refractivity contribution < 1.29 is 9.90 Å². The summed E-state index contributed by atoms with van der Waals surface area (Å²) >= 11 is 3.16. The molecule has 2 aromatic rings. The van der Waals surface area contributed by atoms with Gasteiger partial charge in [0.1, 0.15) is 0 Å². The van der Waals surface area contributed by atoms with Gasteiger partial charge < -0.3 is 5.11 Å². The fourth-order valence-corrected chi connectivity index (χ4v) is 1.57. The van der Waals surface area contributed by atoms with E-state index in [0.717, 1.165) is 0 Å². The number of nitrogens with zero attached hydrogens (tertiary/aromatic N) is 3. The molecule has 2 rings (SSSR count). The summed E-state index contributed by atoms with van der Waals surface area (Å²) in [6, 6.07) is 4.89. The maximum Gasteiger partial charge on any atom is 0.336 e. The summed E-state index contributed by atoms with van der Waals surface area (Å²) in [6.07, 6.45) is 3.06. The highest BCUT2D eigenvalue weighted by atomic mass is 79.9. The van der Waals surface area contributed by atoms with Gasteiger partial charge in [0.2, 0.25) is 0 Å². The summed E-state index contributed by atoms with van der Waals surface area (Å²) in [7, 11) is 0. The Labute approximate surface area is 93.5 Å². The maximum absolute atomic E-state index is 10.9. The molecule has 0 saturated carbocycles. The minimum absolute atomic E-state index is 0.185. The average molecular weight is 268 g/mol. The topological polar surface area (TPSA) is 68.0 Å². The minimum Gasteiger partial charge on any atom is -0.478 e. The number of hydrogen-bond acceptors (Lipinski definition) is 3. The molecule has 1 N–H and O–H groups in total. The van der Waals surface area contributed by atoms with Crippen LogP contribution in [-0.2, 0) is 0 Å². The van der Waals surface area contributed by atoms with Crippen LogP contribution in [0.25, 0.3) is 5.69 Å². The molecule has 76 valence electrons. The van der Waals surface area contributed by atoms with Crippen LogP contribution in [-0.4, -0.2) is 26.1 Å². The zero-order chi connectivity index (χ0) is 10.8. The number of benzene rings is 1. The summed E-state index contributed by atoms with van der Waals surface area (Å²) in [4.78, 5) is 12.2. The van der Waals surface area contributed by atoms with E-state index in [0.29, 0.717) is 10.2 Å². The van der Waals surface area contributed by atoms with Crippen molar-refractivity contribution in [2.75, 3.05) is 0 Å². The first-order valence-electron chi connectivity index (χ1n) is 4.08. The van der Waals surface area contributed by atoms with Crippen molar-refractivity contribution in [3.63, 3.8) is 0 Å². The highest BCUT2D eigenvalue weighted by Crippen LogP contribution is 2.19. The molecule has 0 aliphatic rings. The van der Waals surface area contributed by atoms with Crippen molar-refractivity contribution in [2.24, 2.45) is 0 Å². The Bertz CT molecular complexity index is 496. The Morgan fingerprint density at radius 2 is 2.00 bits per heavy atom. The van der Waals surface area contributed by atoms with Crippen LogP contribution in [0.3, 0.4) is 0 Å². The molecule has 0 spiro atoms. The molecule has 1 aromatic heterocycles. The number of hydrogen-bond donors (Lipinski definition) is 1. The molecular formula is C9H6BrN3O2. The fourth-order valence-electron chi connectivity index (χ4n) is 1.15. The molecule has 0 fully saturated rings. The Morgan fingerprint density at radius 1 is 1.33 bits per heavy atom. The van der Waals surface area contributed by atoms with Gasteiger partial charge in [0, 0.05) is 4.47 Å². The summed E-state index contributed by atoms with van der Waals surface area (Å²) in [5, 5.41) is 16.7. The molecular weight excluding hydrogens is 262 g/mol. The third-order valence-corrected chi connectivity index (χ3v) is 2.52. The number of carboxylic acid groups (broad SMARTS) is 1. The van der Waals surface area contributed by atoms with Crippen molar-refractivity contribution in [2.45, 2.75) is 0 Å². The molecule has 0 aliphatic carbocycles. The first-order valence-corrected chi connectivity index (χ1v) is 4.87. The molecule has 15 heavy (non-hydrogen) atoms. The lowest BCUT2D eigenvalue weighted by molar-refractivity contribution is 0.0696. The molecule has 0 atom stereocenters. The molecule has 0 radical (unpaired) electrons. The Balaban J connectivity index is 2.52. The van der Waals surface area contributed by atoms with Crippen LogP contribution in [0.2, 0.25) is 0 Å². The number of rotatable bonds is 2. The normalized spacial score (nSPS) is 10.2. The third kappa shape index (κ3) is 1.89. The monoisotopic (exact) mass is 267 g/mol. The van der Waals surface area contributed by atoms with Gasteiger partial charge >= 0.3 is 5.97 Å². The van der Waals surface area contributed by atoms with E-state index in [1.165, 1.54) is 23.3 Å². The fraction of sp³-hybridized carbons (Fsp3) is 0. The first kappa shape index (κ1) is 9.85. The van der Waals surface area contributed by atoms with E-state index in [9.17, 15) is 4.79 Å². The SMILES string of the molecule is O=C(O)c1cc(-n2nccn2)ccc1Br. The number of carbonyl (C=O) groups is 1. The number of carboxylic acids is 1. The minimum atomic E-state index is -0.990. The molecule has 6 heteroatoms. The predicted molar refractivity (Wildman–Crippen MR) is 56.0 cm³/mol. The van der Waals surface area contributed by atoms with Crippen molar-refractivity contribution >= 4 is 21.9 Å². The van der Waals surface area contributed by atoms with Crippen LogP contribution in [0.5, 0.6) is 0 Å².